The molecule has 0 N–H and O–H groups in total. The van der Waals surface area contributed by atoms with Crippen LogP contribution in [-0.2, 0) is 0 Å². The molecule has 1 aliphatic rings. The second-order valence-electron chi connectivity index (χ2n) is 4.29. The van der Waals surface area contributed by atoms with Gasteiger partial charge in [0.25, 0.3) is 0 Å². The van der Waals surface area contributed by atoms with Gasteiger partial charge in [-0.2, -0.15) is 10.1 Å². The lowest BCUT2D eigenvalue weighted by atomic mass is 10.2. The van der Waals surface area contributed by atoms with Crippen molar-refractivity contribution in [2.75, 3.05) is 12.1 Å². The van der Waals surface area contributed by atoms with Crippen LogP contribution in [0.15, 0.2) is 23.3 Å². The minimum absolute atomic E-state index is 0.0344. The average Bonchev–Trinajstić information content (AvgIpc) is 2.45. The summed E-state index contributed by atoms with van der Waals surface area (Å²) in [5.41, 5.74) is 0.170. The Morgan fingerprint density at radius 3 is 2.64 bits per heavy atom. The maximum atomic E-state index is 12.4. The highest BCUT2D eigenvalue weighted by Crippen LogP contribution is 2.37. The van der Waals surface area contributed by atoms with Crippen molar-refractivity contribution in [2.24, 2.45) is 5.10 Å². The number of alkyl halides is 3. The number of carbonyl (C=O) groups excluding carboxylic acids is 1. The maximum absolute atomic E-state index is 12.4. The number of amides is 1. The van der Waals surface area contributed by atoms with Crippen LogP contribution in [0.4, 0.5) is 23.7 Å². The molecule has 1 atom stereocenters. The predicted octanol–water partition coefficient (Wildman–Crippen LogP) is 4.03. The van der Waals surface area contributed by atoms with Gasteiger partial charge in [0, 0.05) is 12.3 Å². The first kappa shape index (κ1) is 16.5. The summed E-state index contributed by atoms with van der Waals surface area (Å²) >= 11 is 1.06. The summed E-state index contributed by atoms with van der Waals surface area (Å²) < 4.78 is 46.0. The molecule has 120 valence electrons. The molecule has 0 aliphatic carbocycles. The van der Waals surface area contributed by atoms with Gasteiger partial charge in [0.15, 0.2) is 11.5 Å². The molecule has 0 radical (unpaired) electrons. The quantitative estimate of drug-likeness (QED) is 0.834. The predicted molar refractivity (Wildman–Crippen MR) is 77.7 cm³/mol. The number of nitrogens with zero attached hydrogens (tertiary/aromatic N) is 2. The topological polar surface area (TPSA) is 51.1 Å². The summed E-state index contributed by atoms with van der Waals surface area (Å²) in [7, 11) is 1.23. The van der Waals surface area contributed by atoms with Gasteiger partial charge in [0.1, 0.15) is 0 Å². The van der Waals surface area contributed by atoms with Crippen LogP contribution in [0.1, 0.15) is 13.3 Å². The zero-order chi connectivity index (χ0) is 16.3. The van der Waals surface area contributed by atoms with Crippen LogP contribution in [0, 0.1) is 0 Å². The molecule has 0 bridgehead atoms. The standard InChI is InChI=1S/C13H13F3N2O3S/c1-3-9-7-17-18(12(19)22-9)8-4-5-10(20-2)11(6-8)21-13(14,15)16/h4-7,9H,3H2,1-2H3. The van der Waals surface area contributed by atoms with E-state index in [4.69, 9.17) is 4.74 Å². The highest BCUT2D eigenvalue weighted by atomic mass is 32.2. The Balaban J connectivity index is 2.32. The monoisotopic (exact) mass is 334 g/mol. The summed E-state index contributed by atoms with van der Waals surface area (Å²) in [5.74, 6) is -0.619. The Morgan fingerprint density at radius 2 is 2.09 bits per heavy atom. The van der Waals surface area contributed by atoms with Crippen LogP contribution in [0.3, 0.4) is 0 Å². The summed E-state index contributed by atoms with van der Waals surface area (Å²) in [6, 6.07) is 3.79. The summed E-state index contributed by atoms with van der Waals surface area (Å²) in [6.07, 6.45) is -2.54. The Hall–Kier alpha value is -1.90. The number of hydrogen-bond donors (Lipinski definition) is 0. The van der Waals surface area contributed by atoms with Gasteiger partial charge in [0.05, 0.1) is 18.0 Å². The molecule has 9 heteroatoms. The van der Waals surface area contributed by atoms with Gasteiger partial charge in [-0.05, 0) is 18.6 Å². The maximum Gasteiger partial charge on any atom is 0.573 e. The van der Waals surface area contributed by atoms with Crippen LogP contribution in [0.5, 0.6) is 11.5 Å². The Morgan fingerprint density at radius 1 is 1.36 bits per heavy atom. The molecule has 1 aliphatic heterocycles. The van der Waals surface area contributed by atoms with E-state index in [0.29, 0.717) is 0 Å². The fourth-order valence-electron chi connectivity index (χ4n) is 1.76. The molecule has 1 unspecified atom stereocenters. The number of ether oxygens (including phenoxy) is 2. The average molecular weight is 334 g/mol. The van der Waals surface area contributed by atoms with Gasteiger partial charge >= 0.3 is 11.6 Å². The summed E-state index contributed by atoms with van der Waals surface area (Å²) in [6.45, 7) is 1.91. The third-order valence-electron chi connectivity index (χ3n) is 2.79. The summed E-state index contributed by atoms with van der Waals surface area (Å²) in [4.78, 5) is 12.0. The highest BCUT2D eigenvalue weighted by molar-refractivity contribution is 8.15. The largest absolute Gasteiger partial charge is 0.573 e. The number of carbonyl (C=O) groups is 1. The van der Waals surface area contributed by atoms with E-state index in [0.717, 1.165) is 29.3 Å². The van der Waals surface area contributed by atoms with Crippen molar-refractivity contribution in [3.05, 3.63) is 18.2 Å². The summed E-state index contributed by atoms with van der Waals surface area (Å²) in [5, 5.41) is 4.62. The number of anilines is 1. The lowest BCUT2D eigenvalue weighted by Crippen LogP contribution is -2.29. The second-order valence-corrected chi connectivity index (χ2v) is 5.48. The van der Waals surface area contributed by atoms with Gasteiger partial charge in [-0.15, -0.1) is 13.2 Å². The van der Waals surface area contributed by atoms with Crippen LogP contribution in [0.2, 0.25) is 0 Å². The number of methoxy groups -OCH3 is 1. The first-order chi connectivity index (χ1) is 10.3. The number of benzene rings is 1. The van der Waals surface area contributed by atoms with E-state index < -0.39 is 12.1 Å². The van der Waals surface area contributed by atoms with Crippen molar-refractivity contribution >= 4 is 28.9 Å². The van der Waals surface area contributed by atoms with E-state index in [9.17, 15) is 18.0 Å². The van der Waals surface area contributed by atoms with E-state index >= 15 is 0 Å². The van der Waals surface area contributed by atoms with Crippen LogP contribution in [0.25, 0.3) is 0 Å². The van der Waals surface area contributed by atoms with E-state index in [1.54, 1.807) is 6.21 Å². The zero-order valence-electron chi connectivity index (χ0n) is 11.8. The molecule has 0 saturated heterocycles. The van der Waals surface area contributed by atoms with Gasteiger partial charge in [0.2, 0.25) is 0 Å². The molecular weight excluding hydrogens is 321 g/mol. The first-order valence-corrected chi connectivity index (χ1v) is 7.20. The van der Waals surface area contributed by atoms with Gasteiger partial charge in [-0.25, -0.2) is 0 Å². The molecule has 1 aromatic rings. The van der Waals surface area contributed by atoms with Crippen molar-refractivity contribution in [3.63, 3.8) is 0 Å². The van der Waals surface area contributed by atoms with Gasteiger partial charge in [-0.1, -0.05) is 18.7 Å². The molecule has 1 aromatic carbocycles. The molecular formula is C13H13F3N2O3S. The number of rotatable bonds is 4. The molecule has 0 fully saturated rings. The third-order valence-corrected chi connectivity index (χ3v) is 3.93. The second kappa shape index (κ2) is 6.47. The number of hydrazone groups is 1. The van der Waals surface area contributed by atoms with E-state index in [1.165, 1.54) is 19.2 Å². The number of hydrogen-bond acceptors (Lipinski definition) is 5. The lowest BCUT2D eigenvalue weighted by Gasteiger charge is -2.24. The minimum atomic E-state index is -4.86. The van der Waals surface area contributed by atoms with Crippen LogP contribution >= 0.6 is 11.8 Å². The smallest absolute Gasteiger partial charge is 0.493 e. The third kappa shape index (κ3) is 3.85. The van der Waals surface area contributed by atoms with E-state index in [1.807, 2.05) is 6.92 Å². The van der Waals surface area contributed by atoms with Crippen molar-refractivity contribution in [3.8, 4) is 11.5 Å². The Kier molecular flexibility index (Phi) is 4.84. The first-order valence-electron chi connectivity index (χ1n) is 6.32. The molecule has 0 saturated carbocycles. The minimum Gasteiger partial charge on any atom is -0.493 e. The van der Waals surface area contributed by atoms with E-state index in [2.05, 4.69) is 9.84 Å². The molecule has 0 aromatic heterocycles. The molecule has 0 spiro atoms. The SMILES string of the molecule is CCC1C=NN(c2ccc(OC)c(OC(F)(F)F)c2)C(=O)S1. The fraction of sp³-hybridized carbons (Fsp3) is 0.385. The molecule has 22 heavy (non-hydrogen) atoms. The lowest BCUT2D eigenvalue weighted by molar-refractivity contribution is -0.275. The molecule has 5 nitrogen and oxygen atoms in total. The molecule has 1 heterocycles. The van der Waals surface area contributed by atoms with Crippen molar-refractivity contribution in [1.29, 1.82) is 0 Å². The van der Waals surface area contributed by atoms with Gasteiger partial charge < -0.3 is 9.47 Å². The van der Waals surface area contributed by atoms with E-state index in [-0.39, 0.29) is 21.9 Å². The van der Waals surface area contributed by atoms with Crippen molar-refractivity contribution < 1.29 is 27.4 Å². The Bertz CT molecular complexity index is 592. The van der Waals surface area contributed by atoms with Crippen LogP contribution in [-0.4, -0.2) is 30.2 Å². The highest BCUT2D eigenvalue weighted by Gasteiger charge is 2.33. The molecule has 1 amide bonds. The molecule has 2 rings (SSSR count). The van der Waals surface area contributed by atoms with Gasteiger partial charge in [-0.3, -0.25) is 4.79 Å². The van der Waals surface area contributed by atoms with Crippen LogP contribution < -0.4 is 14.5 Å². The normalized spacial score (nSPS) is 18.5. The number of halogens is 3. The Labute approximate surface area is 129 Å². The van der Waals surface area contributed by atoms with Crippen molar-refractivity contribution in [1.82, 2.24) is 0 Å². The fourth-order valence-corrected chi connectivity index (χ4v) is 2.55. The number of thioether (sulfide) groups is 1. The zero-order valence-corrected chi connectivity index (χ0v) is 12.6. The van der Waals surface area contributed by atoms with Crippen molar-refractivity contribution in [2.45, 2.75) is 25.0 Å².